The van der Waals surface area contributed by atoms with E-state index in [9.17, 15) is 21.6 Å². The van der Waals surface area contributed by atoms with E-state index in [-0.39, 0.29) is 36.3 Å². The van der Waals surface area contributed by atoms with Crippen LogP contribution in [0.4, 0.5) is 0 Å². The molecule has 2 aromatic carbocycles. The Balaban J connectivity index is 1.23. The van der Waals surface area contributed by atoms with Gasteiger partial charge in [0.1, 0.15) is 12.4 Å². The summed E-state index contributed by atoms with van der Waals surface area (Å²) in [5, 5.41) is 3.31. The Kier molecular flexibility index (Phi) is 9.69. The quantitative estimate of drug-likeness (QED) is 0.430. The highest BCUT2D eigenvalue weighted by molar-refractivity contribution is 7.89. The summed E-state index contributed by atoms with van der Waals surface area (Å²) in [7, 11) is -7.07. The number of carbonyl (C=O) groups is 1. The van der Waals surface area contributed by atoms with Crippen molar-refractivity contribution in [3.8, 4) is 5.75 Å². The summed E-state index contributed by atoms with van der Waals surface area (Å²) in [6, 6.07) is 13.1. The molecule has 9 nitrogen and oxygen atoms in total. The second kappa shape index (κ2) is 12.8. The van der Waals surface area contributed by atoms with Gasteiger partial charge in [-0.05, 0) is 67.6 Å². The molecule has 2 aliphatic rings. The van der Waals surface area contributed by atoms with Crippen molar-refractivity contribution >= 4 is 37.6 Å². The number of piperidine rings is 2. The Morgan fingerprint density at radius 1 is 0.947 bits per heavy atom. The Morgan fingerprint density at radius 3 is 2.37 bits per heavy atom. The minimum Gasteiger partial charge on any atom is -0.492 e. The van der Waals surface area contributed by atoms with Crippen molar-refractivity contribution in [3.05, 3.63) is 59.1 Å². The van der Waals surface area contributed by atoms with Crippen LogP contribution in [-0.2, 0) is 30.6 Å². The molecule has 0 aromatic heterocycles. The molecule has 0 saturated carbocycles. The van der Waals surface area contributed by atoms with E-state index < -0.39 is 26.0 Å². The highest BCUT2D eigenvalue weighted by Gasteiger charge is 2.32. The number of hydrogen-bond donors (Lipinski definition) is 1. The second-order valence-corrected chi connectivity index (χ2v) is 14.0. The van der Waals surface area contributed by atoms with Gasteiger partial charge in [-0.25, -0.2) is 21.1 Å². The normalized spacial score (nSPS) is 19.7. The standard InChI is InChI=1S/C26H34ClN3O6S2/c27-23-8-4-6-21(18-23)20-37(32,33)30-16-5-7-22(19-30)26(31)28-13-17-36-24-9-11-25(12-10-24)38(34,35)29-14-2-1-3-15-29/h4,6,8-12,18,22H,1-3,5,7,13-17,19-20H2,(H,28,31). The molecule has 1 amide bonds. The van der Waals surface area contributed by atoms with Crippen LogP contribution in [0.3, 0.4) is 0 Å². The monoisotopic (exact) mass is 583 g/mol. The van der Waals surface area contributed by atoms with Crippen molar-refractivity contribution in [2.24, 2.45) is 5.92 Å². The van der Waals surface area contributed by atoms with E-state index in [1.807, 2.05) is 0 Å². The highest BCUT2D eigenvalue weighted by atomic mass is 35.5. The first kappa shape index (κ1) is 28.8. The van der Waals surface area contributed by atoms with Gasteiger partial charge in [0, 0.05) is 31.2 Å². The number of nitrogens with one attached hydrogen (secondary N) is 1. The van der Waals surface area contributed by atoms with E-state index in [0.29, 0.717) is 48.8 Å². The van der Waals surface area contributed by atoms with Crippen molar-refractivity contribution in [2.45, 2.75) is 42.8 Å². The van der Waals surface area contributed by atoms with E-state index >= 15 is 0 Å². The molecule has 0 spiro atoms. The zero-order valence-corrected chi connectivity index (χ0v) is 23.6. The minimum absolute atomic E-state index is 0.141. The highest BCUT2D eigenvalue weighted by Crippen LogP contribution is 2.24. The van der Waals surface area contributed by atoms with Crippen LogP contribution in [0.2, 0.25) is 5.02 Å². The van der Waals surface area contributed by atoms with E-state index in [1.165, 1.54) is 20.7 Å². The molecule has 2 saturated heterocycles. The van der Waals surface area contributed by atoms with Gasteiger partial charge in [0.05, 0.1) is 23.1 Å². The van der Waals surface area contributed by atoms with Gasteiger partial charge in [0.15, 0.2) is 0 Å². The van der Waals surface area contributed by atoms with Crippen molar-refractivity contribution in [1.82, 2.24) is 13.9 Å². The van der Waals surface area contributed by atoms with Crippen molar-refractivity contribution < 1.29 is 26.4 Å². The molecule has 2 fully saturated rings. The van der Waals surface area contributed by atoms with Gasteiger partial charge in [-0.3, -0.25) is 4.79 Å². The number of rotatable bonds is 10. The fourth-order valence-corrected chi connectivity index (χ4v) is 8.12. The summed E-state index contributed by atoms with van der Waals surface area (Å²) < 4.78 is 59.9. The maximum absolute atomic E-state index is 12.9. The zero-order chi connectivity index (χ0) is 27.2. The summed E-state index contributed by atoms with van der Waals surface area (Å²) in [5.41, 5.74) is 0.610. The molecule has 0 bridgehead atoms. The lowest BCUT2D eigenvalue weighted by Crippen LogP contribution is -2.46. The fourth-order valence-electron chi connectivity index (χ4n) is 4.79. The molecule has 0 radical (unpaired) electrons. The number of ether oxygens (including phenoxy) is 1. The molecular formula is C26H34ClN3O6S2. The van der Waals surface area contributed by atoms with Crippen molar-refractivity contribution in [1.29, 1.82) is 0 Å². The fraction of sp³-hybridized carbons (Fsp3) is 0.500. The topological polar surface area (TPSA) is 113 Å². The largest absolute Gasteiger partial charge is 0.492 e. The van der Waals surface area contributed by atoms with Crippen LogP contribution >= 0.6 is 11.6 Å². The lowest BCUT2D eigenvalue weighted by Gasteiger charge is -2.31. The van der Waals surface area contributed by atoms with Gasteiger partial charge in [-0.1, -0.05) is 30.2 Å². The van der Waals surface area contributed by atoms with Crippen LogP contribution in [0, 0.1) is 5.92 Å². The summed E-state index contributed by atoms with van der Waals surface area (Å²) in [4.78, 5) is 13.0. The molecule has 12 heteroatoms. The number of halogens is 1. The van der Waals surface area contributed by atoms with E-state index in [0.717, 1.165) is 19.3 Å². The van der Waals surface area contributed by atoms with Gasteiger partial charge in [0.2, 0.25) is 26.0 Å². The Hall–Kier alpha value is -2.18. The van der Waals surface area contributed by atoms with E-state index in [2.05, 4.69) is 5.32 Å². The minimum atomic E-state index is -3.58. The maximum Gasteiger partial charge on any atom is 0.243 e. The van der Waals surface area contributed by atoms with Gasteiger partial charge in [-0.15, -0.1) is 0 Å². The van der Waals surface area contributed by atoms with Crippen LogP contribution in [-0.4, -0.2) is 70.7 Å². The number of nitrogens with zero attached hydrogens (tertiary/aromatic N) is 2. The molecule has 1 unspecified atom stereocenters. The zero-order valence-electron chi connectivity index (χ0n) is 21.2. The lowest BCUT2D eigenvalue weighted by molar-refractivity contribution is -0.126. The molecule has 2 aliphatic heterocycles. The summed E-state index contributed by atoms with van der Waals surface area (Å²) in [5.74, 6) is -0.294. The third-order valence-electron chi connectivity index (χ3n) is 6.83. The maximum atomic E-state index is 12.9. The van der Waals surface area contributed by atoms with Crippen LogP contribution < -0.4 is 10.1 Å². The van der Waals surface area contributed by atoms with E-state index in [4.69, 9.17) is 16.3 Å². The van der Waals surface area contributed by atoms with Gasteiger partial charge in [-0.2, -0.15) is 4.31 Å². The first-order chi connectivity index (χ1) is 18.1. The first-order valence-corrected chi connectivity index (χ1v) is 16.3. The molecule has 1 atom stereocenters. The van der Waals surface area contributed by atoms with E-state index in [1.54, 1.807) is 36.4 Å². The smallest absolute Gasteiger partial charge is 0.243 e. The molecular weight excluding hydrogens is 550 g/mol. The Bertz CT molecular complexity index is 1310. The Morgan fingerprint density at radius 2 is 1.66 bits per heavy atom. The summed E-state index contributed by atoms with van der Waals surface area (Å²) >= 11 is 5.98. The molecule has 0 aliphatic carbocycles. The molecule has 38 heavy (non-hydrogen) atoms. The number of carbonyl (C=O) groups excluding carboxylic acids is 1. The lowest BCUT2D eigenvalue weighted by atomic mass is 9.99. The van der Waals surface area contributed by atoms with Crippen LogP contribution in [0.5, 0.6) is 5.75 Å². The first-order valence-electron chi connectivity index (χ1n) is 12.9. The third kappa shape index (κ3) is 7.47. The summed E-state index contributed by atoms with van der Waals surface area (Å²) in [6.07, 6.45) is 4.03. The number of benzene rings is 2. The predicted molar refractivity (Wildman–Crippen MR) is 146 cm³/mol. The summed E-state index contributed by atoms with van der Waals surface area (Å²) in [6.45, 7) is 2.08. The van der Waals surface area contributed by atoms with Crippen molar-refractivity contribution in [3.63, 3.8) is 0 Å². The average molecular weight is 584 g/mol. The van der Waals surface area contributed by atoms with Crippen molar-refractivity contribution in [2.75, 3.05) is 39.3 Å². The van der Waals surface area contributed by atoms with Crippen LogP contribution in [0.1, 0.15) is 37.7 Å². The number of sulfonamides is 2. The third-order valence-corrected chi connectivity index (χ3v) is 10.8. The molecule has 1 N–H and O–H groups in total. The van der Waals surface area contributed by atoms with Crippen LogP contribution in [0.15, 0.2) is 53.4 Å². The van der Waals surface area contributed by atoms with Gasteiger partial charge >= 0.3 is 0 Å². The number of amides is 1. The molecule has 208 valence electrons. The second-order valence-electron chi connectivity index (χ2n) is 9.66. The number of hydrogen-bond acceptors (Lipinski definition) is 6. The Labute approximate surface area is 230 Å². The van der Waals surface area contributed by atoms with Gasteiger partial charge < -0.3 is 10.1 Å². The molecule has 4 rings (SSSR count). The SMILES string of the molecule is O=C(NCCOc1ccc(S(=O)(=O)N2CCCCC2)cc1)C1CCCN(S(=O)(=O)Cc2cccc(Cl)c2)C1. The van der Waals surface area contributed by atoms with Crippen LogP contribution in [0.25, 0.3) is 0 Å². The molecule has 2 aromatic rings. The predicted octanol–water partition coefficient (Wildman–Crippen LogP) is 3.25. The average Bonchev–Trinajstić information content (AvgIpc) is 2.91. The van der Waals surface area contributed by atoms with Gasteiger partial charge in [0.25, 0.3) is 0 Å². The molecule has 2 heterocycles.